The van der Waals surface area contributed by atoms with Crippen LogP contribution in [0.15, 0.2) is 0 Å². The Labute approximate surface area is 84.0 Å². The zero-order chi connectivity index (χ0) is 11.5. The SMILES string of the molecule is O=C(O)CO[C@H]1C[C@@H](COC(F)(F)F)C1. The van der Waals surface area contributed by atoms with Crippen molar-refractivity contribution in [3.8, 4) is 0 Å². The van der Waals surface area contributed by atoms with Gasteiger partial charge in [0.1, 0.15) is 6.61 Å². The van der Waals surface area contributed by atoms with Gasteiger partial charge >= 0.3 is 12.3 Å². The topological polar surface area (TPSA) is 55.8 Å². The smallest absolute Gasteiger partial charge is 0.480 e. The number of alkyl halides is 3. The molecule has 4 nitrogen and oxygen atoms in total. The average Bonchev–Trinajstić information content (AvgIpc) is 1.97. The van der Waals surface area contributed by atoms with Gasteiger partial charge in [-0.05, 0) is 18.8 Å². The van der Waals surface area contributed by atoms with E-state index < -0.39 is 18.9 Å². The third kappa shape index (κ3) is 4.98. The molecule has 15 heavy (non-hydrogen) atoms. The Morgan fingerprint density at radius 1 is 1.40 bits per heavy atom. The molecule has 1 N–H and O–H groups in total. The van der Waals surface area contributed by atoms with Crippen LogP contribution >= 0.6 is 0 Å². The fourth-order valence-electron chi connectivity index (χ4n) is 1.35. The summed E-state index contributed by atoms with van der Waals surface area (Å²) >= 11 is 0. The zero-order valence-corrected chi connectivity index (χ0v) is 7.79. The molecule has 0 aromatic carbocycles. The van der Waals surface area contributed by atoms with Crippen molar-refractivity contribution in [2.24, 2.45) is 5.92 Å². The highest BCUT2D eigenvalue weighted by Crippen LogP contribution is 2.31. The first kappa shape index (κ1) is 12.3. The van der Waals surface area contributed by atoms with E-state index in [0.29, 0.717) is 12.8 Å². The van der Waals surface area contributed by atoms with E-state index in [1.165, 1.54) is 0 Å². The van der Waals surface area contributed by atoms with Crippen LogP contribution in [-0.4, -0.2) is 36.8 Å². The van der Waals surface area contributed by atoms with Crippen LogP contribution in [0.1, 0.15) is 12.8 Å². The molecule has 7 heteroatoms. The summed E-state index contributed by atoms with van der Waals surface area (Å²) in [5.41, 5.74) is 0. The quantitative estimate of drug-likeness (QED) is 0.772. The lowest BCUT2D eigenvalue weighted by atomic mass is 9.83. The third-order valence-corrected chi connectivity index (χ3v) is 2.12. The summed E-state index contributed by atoms with van der Waals surface area (Å²) in [5.74, 6) is -1.27. The standard InChI is InChI=1S/C8H11F3O4/c9-8(10,11)15-3-5-1-6(2-5)14-4-7(12)13/h5-6H,1-4H2,(H,12,13)/t5-,6+. The van der Waals surface area contributed by atoms with E-state index >= 15 is 0 Å². The van der Waals surface area contributed by atoms with Gasteiger partial charge < -0.3 is 9.84 Å². The number of carboxylic acid groups (broad SMARTS) is 1. The van der Waals surface area contributed by atoms with Crippen molar-refractivity contribution in [3.63, 3.8) is 0 Å². The van der Waals surface area contributed by atoms with Crippen molar-refractivity contribution < 1.29 is 32.5 Å². The number of carbonyl (C=O) groups is 1. The second kappa shape index (κ2) is 4.80. The molecule has 1 fully saturated rings. The number of ether oxygens (including phenoxy) is 2. The van der Waals surface area contributed by atoms with Gasteiger partial charge in [0.15, 0.2) is 0 Å². The molecule has 0 atom stereocenters. The Kier molecular flexibility index (Phi) is 3.92. The lowest BCUT2D eigenvalue weighted by Gasteiger charge is -2.34. The molecule has 0 spiro atoms. The molecule has 0 aliphatic heterocycles. The summed E-state index contributed by atoms with van der Waals surface area (Å²) < 4.78 is 43.3. The first-order valence-electron chi connectivity index (χ1n) is 4.41. The van der Waals surface area contributed by atoms with E-state index in [1.807, 2.05) is 0 Å². The van der Waals surface area contributed by atoms with Crippen molar-refractivity contribution in [2.45, 2.75) is 25.3 Å². The van der Waals surface area contributed by atoms with Gasteiger partial charge in [-0.25, -0.2) is 4.79 Å². The Morgan fingerprint density at radius 2 is 2.00 bits per heavy atom. The lowest BCUT2D eigenvalue weighted by molar-refractivity contribution is -0.331. The minimum absolute atomic E-state index is 0.189. The molecular formula is C8H11F3O4. The molecule has 0 aromatic rings. The lowest BCUT2D eigenvalue weighted by Crippen LogP contribution is -2.36. The average molecular weight is 228 g/mol. The molecule has 1 saturated carbocycles. The van der Waals surface area contributed by atoms with Crippen LogP contribution in [0.2, 0.25) is 0 Å². The van der Waals surface area contributed by atoms with E-state index in [4.69, 9.17) is 9.84 Å². The Hall–Kier alpha value is -0.820. The van der Waals surface area contributed by atoms with Crippen molar-refractivity contribution >= 4 is 5.97 Å². The summed E-state index contributed by atoms with van der Waals surface area (Å²) in [6.45, 7) is -0.784. The van der Waals surface area contributed by atoms with Crippen LogP contribution in [0, 0.1) is 5.92 Å². The number of halogens is 3. The molecule has 0 aromatic heterocycles. The van der Waals surface area contributed by atoms with E-state index in [9.17, 15) is 18.0 Å². The van der Waals surface area contributed by atoms with Gasteiger partial charge in [-0.15, -0.1) is 13.2 Å². The highest BCUT2D eigenvalue weighted by Gasteiger charge is 2.35. The van der Waals surface area contributed by atoms with E-state index in [1.54, 1.807) is 0 Å². The Bertz CT molecular complexity index is 222. The Morgan fingerprint density at radius 3 is 2.47 bits per heavy atom. The minimum Gasteiger partial charge on any atom is -0.480 e. The van der Waals surface area contributed by atoms with E-state index in [2.05, 4.69) is 4.74 Å². The van der Waals surface area contributed by atoms with Crippen LogP contribution in [0.5, 0.6) is 0 Å². The molecule has 0 heterocycles. The van der Waals surface area contributed by atoms with E-state index in [0.717, 1.165) is 0 Å². The van der Waals surface area contributed by atoms with Crippen LogP contribution in [-0.2, 0) is 14.3 Å². The number of rotatable bonds is 5. The molecule has 0 radical (unpaired) electrons. The van der Waals surface area contributed by atoms with Crippen LogP contribution in [0.3, 0.4) is 0 Å². The van der Waals surface area contributed by atoms with Crippen LogP contribution < -0.4 is 0 Å². The van der Waals surface area contributed by atoms with Gasteiger partial charge in [0.05, 0.1) is 12.7 Å². The monoisotopic (exact) mass is 228 g/mol. The van der Waals surface area contributed by atoms with Crippen molar-refractivity contribution in [1.82, 2.24) is 0 Å². The second-order valence-corrected chi connectivity index (χ2v) is 3.42. The number of hydrogen-bond acceptors (Lipinski definition) is 3. The summed E-state index contributed by atoms with van der Waals surface area (Å²) in [6, 6.07) is 0. The molecule has 0 amide bonds. The maximum atomic E-state index is 11.6. The zero-order valence-electron chi connectivity index (χ0n) is 7.79. The molecule has 1 aliphatic rings. The molecular weight excluding hydrogens is 217 g/mol. The van der Waals surface area contributed by atoms with Crippen LogP contribution in [0.25, 0.3) is 0 Å². The van der Waals surface area contributed by atoms with Gasteiger partial charge in [0.2, 0.25) is 0 Å². The molecule has 88 valence electrons. The molecule has 1 aliphatic carbocycles. The normalized spacial score (nSPS) is 26.1. The van der Waals surface area contributed by atoms with Crippen LogP contribution in [0.4, 0.5) is 13.2 Å². The van der Waals surface area contributed by atoms with Gasteiger partial charge in [-0.2, -0.15) is 0 Å². The summed E-state index contributed by atoms with van der Waals surface area (Å²) in [7, 11) is 0. The number of hydrogen-bond donors (Lipinski definition) is 1. The molecule has 0 unspecified atom stereocenters. The predicted molar refractivity (Wildman–Crippen MR) is 42.1 cm³/mol. The second-order valence-electron chi connectivity index (χ2n) is 3.42. The van der Waals surface area contributed by atoms with E-state index in [-0.39, 0.29) is 18.6 Å². The maximum absolute atomic E-state index is 11.6. The first-order chi connectivity index (χ1) is 6.87. The molecule has 1 rings (SSSR count). The van der Waals surface area contributed by atoms with Crippen molar-refractivity contribution in [3.05, 3.63) is 0 Å². The van der Waals surface area contributed by atoms with Crippen molar-refractivity contribution in [1.29, 1.82) is 0 Å². The summed E-state index contributed by atoms with van der Waals surface area (Å²) in [4.78, 5) is 10.1. The molecule has 0 saturated heterocycles. The number of aliphatic carboxylic acids is 1. The number of carboxylic acids is 1. The summed E-state index contributed by atoms with van der Waals surface area (Å²) in [5, 5.41) is 8.26. The summed E-state index contributed by atoms with van der Waals surface area (Å²) in [6.07, 6.45) is -4.00. The fourth-order valence-corrected chi connectivity index (χ4v) is 1.35. The maximum Gasteiger partial charge on any atom is 0.522 e. The van der Waals surface area contributed by atoms with Gasteiger partial charge in [0.25, 0.3) is 0 Å². The predicted octanol–water partition coefficient (Wildman–Crippen LogP) is 1.40. The van der Waals surface area contributed by atoms with Gasteiger partial charge in [0, 0.05) is 0 Å². The highest BCUT2D eigenvalue weighted by atomic mass is 19.4. The van der Waals surface area contributed by atoms with Gasteiger partial charge in [-0.3, -0.25) is 4.74 Å². The third-order valence-electron chi connectivity index (χ3n) is 2.12. The highest BCUT2D eigenvalue weighted by molar-refractivity contribution is 5.68. The van der Waals surface area contributed by atoms with Crippen molar-refractivity contribution in [2.75, 3.05) is 13.2 Å². The first-order valence-corrected chi connectivity index (χ1v) is 4.41. The minimum atomic E-state index is -4.59. The fraction of sp³-hybridized carbons (Fsp3) is 0.875. The largest absolute Gasteiger partial charge is 0.522 e. The molecule has 0 bridgehead atoms. The van der Waals surface area contributed by atoms with Gasteiger partial charge in [-0.1, -0.05) is 0 Å². The Balaban J connectivity index is 2.03.